The second-order valence-electron chi connectivity index (χ2n) is 5.61. The summed E-state index contributed by atoms with van der Waals surface area (Å²) in [5.74, 6) is -0.689. The lowest BCUT2D eigenvalue weighted by molar-refractivity contribution is -0.0486. The average molecular weight is 247 g/mol. The fraction of sp³-hybridized carbons (Fsp3) is 0.429. The Morgan fingerprint density at radius 1 is 0.944 bits per heavy atom. The van der Waals surface area contributed by atoms with E-state index in [0.717, 1.165) is 4.90 Å². The molecule has 0 radical (unpaired) electrons. The second kappa shape index (κ2) is 3.65. The molecule has 2 rings (SSSR count). The van der Waals surface area contributed by atoms with E-state index in [1.54, 1.807) is 52.0 Å². The van der Waals surface area contributed by atoms with Crippen molar-refractivity contribution in [2.75, 3.05) is 0 Å². The molecule has 0 saturated heterocycles. The monoisotopic (exact) mass is 247 g/mol. The number of aliphatic hydroxyl groups is 1. The third-order valence-electron chi connectivity index (χ3n) is 3.85. The Balaban J connectivity index is 2.53. The summed E-state index contributed by atoms with van der Waals surface area (Å²) in [6.45, 7) is 6.57. The summed E-state index contributed by atoms with van der Waals surface area (Å²) in [5, 5.41) is 10.2. The van der Waals surface area contributed by atoms with Crippen LogP contribution in [0, 0.1) is 0 Å². The molecule has 0 fully saturated rings. The lowest BCUT2D eigenvalue weighted by Crippen LogP contribution is -2.59. The SMILES string of the molecule is CC(C)(O)C(C)(C)N1C(=O)c2ccccc2C1=O. The van der Waals surface area contributed by atoms with Gasteiger partial charge in [0, 0.05) is 0 Å². The zero-order valence-corrected chi connectivity index (χ0v) is 11.0. The van der Waals surface area contributed by atoms with Crippen LogP contribution >= 0.6 is 0 Å². The van der Waals surface area contributed by atoms with Gasteiger partial charge in [0.1, 0.15) is 0 Å². The molecule has 0 bridgehead atoms. The molecule has 0 unspecified atom stereocenters. The van der Waals surface area contributed by atoms with Gasteiger partial charge in [-0.1, -0.05) is 12.1 Å². The van der Waals surface area contributed by atoms with E-state index in [4.69, 9.17) is 0 Å². The van der Waals surface area contributed by atoms with Crippen molar-refractivity contribution >= 4 is 11.8 Å². The van der Waals surface area contributed by atoms with Crippen LogP contribution in [0.3, 0.4) is 0 Å². The Labute approximate surface area is 106 Å². The van der Waals surface area contributed by atoms with E-state index in [1.807, 2.05) is 0 Å². The summed E-state index contributed by atoms with van der Waals surface area (Å²) in [7, 11) is 0. The number of fused-ring (bicyclic) bond motifs is 1. The van der Waals surface area contributed by atoms with Crippen LogP contribution < -0.4 is 0 Å². The quantitative estimate of drug-likeness (QED) is 0.811. The lowest BCUT2D eigenvalue weighted by Gasteiger charge is -2.43. The minimum Gasteiger partial charge on any atom is -0.388 e. The molecule has 1 aromatic carbocycles. The van der Waals surface area contributed by atoms with Crippen molar-refractivity contribution < 1.29 is 14.7 Å². The maximum Gasteiger partial charge on any atom is 0.262 e. The lowest BCUT2D eigenvalue weighted by atomic mass is 9.84. The van der Waals surface area contributed by atoms with E-state index in [0.29, 0.717) is 11.1 Å². The van der Waals surface area contributed by atoms with Crippen LogP contribution in [0.1, 0.15) is 48.4 Å². The highest BCUT2D eigenvalue weighted by molar-refractivity contribution is 6.21. The average Bonchev–Trinajstić information content (AvgIpc) is 2.51. The highest BCUT2D eigenvalue weighted by atomic mass is 16.3. The van der Waals surface area contributed by atoms with Gasteiger partial charge in [-0.25, -0.2) is 0 Å². The first kappa shape index (κ1) is 12.8. The Kier molecular flexibility index (Phi) is 2.59. The van der Waals surface area contributed by atoms with Crippen LogP contribution in [0.25, 0.3) is 0 Å². The topological polar surface area (TPSA) is 57.6 Å². The number of amides is 2. The predicted octanol–water partition coefficient (Wildman–Crippen LogP) is 1.83. The van der Waals surface area contributed by atoms with Crippen molar-refractivity contribution in [3.63, 3.8) is 0 Å². The van der Waals surface area contributed by atoms with Gasteiger partial charge in [-0.05, 0) is 39.8 Å². The van der Waals surface area contributed by atoms with E-state index in [9.17, 15) is 14.7 Å². The molecule has 4 nitrogen and oxygen atoms in total. The first-order valence-corrected chi connectivity index (χ1v) is 5.88. The number of rotatable bonds is 2. The number of carbonyl (C=O) groups excluding carboxylic acids is 2. The number of carbonyl (C=O) groups is 2. The predicted molar refractivity (Wildman–Crippen MR) is 67.3 cm³/mol. The summed E-state index contributed by atoms with van der Waals surface area (Å²) in [6.07, 6.45) is 0. The number of hydrogen-bond donors (Lipinski definition) is 1. The Hall–Kier alpha value is -1.68. The molecular formula is C14H17NO3. The minimum atomic E-state index is -1.18. The summed E-state index contributed by atoms with van der Waals surface area (Å²) in [4.78, 5) is 25.7. The minimum absolute atomic E-state index is 0.345. The maximum atomic E-state index is 12.3. The number of hydrogen-bond acceptors (Lipinski definition) is 3. The summed E-state index contributed by atoms with van der Waals surface area (Å²) in [5.41, 5.74) is -1.35. The Bertz CT molecular complexity index is 491. The fourth-order valence-electron chi connectivity index (χ4n) is 1.97. The van der Waals surface area contributed by atoms with E-state index in [1.165, 1.54) is 0 Å². The maximum absolute atomic E-state index is 12.3. The zero-order valence-electron chi connectivity index (χ0n) is 11.0. The molecule has 0 atom stereocenters. The molecule has 0 saturated carbocycles. The van der Waals surface area contributed by atoms with Gasteiger partial charge in [-0.15, -0.1) is 0 Å². The number of nitrogens with zero attached hydrogens (tertiary/aromatic N) is 1. The number of benzene rings is 1. The van der Waals surface area contributed by atoms with Crippen LogP contribution in [-0.2, 0) is 0 Å². The van der Waals surface area contributed by atoms with E-state index in [2.05, 4.69) is 0 Å². The largest absolute Gasteiger partial charge is 0.388 e. The Morgan fingerprint density at radius 3 is 1.67 bits per heavy atom. The molecule has 1 aliphatic rings. The molecule has 0 spiro atoms. The third-order valence-corrected chi connectivity index (χ3v) is 3.85. The molecular weight excluding hydrogens is 230 g/mol. The van der Waals surface area contributed by atoms with E-state index >= 15 is 0 Å². The smallest absolute Gasteiger partial charge is 0.262 e. The van der Waals surface area contributed by atoms with Crippen LogP contribution in [0.5, 0.6) is 0 Å². The van der Waals surface area contributed by atoms with Crippen molar-refractivity contribution in [3.8, 4) is 0 Å². The molecule has 0 aromatic heterocycles. The van der Waals surface area contributed by atoms with Gasteiger partial charge in [0.2, 0.25) is 0 Å². The van der Waals surface area contributed by atoms with Crippen molar-refractivity contribution in [3.05, 3.63) is 35.4 Å². The molecule has 1 aliphatic heterocycles. The van der Waals surface area contributed by atoms with Gasteiger partial charge in [0.05, 0.1) is 22.3 Å². The van der Waals surface area contributed by atoms with Gasteiger partial charge < -0.3 is 5.11 Å². The van der Waals surface area contributed by atoms with E-state index < -0.39 is 11.1 Å². The second-order valence-corrected chi connectivity index (χ2v) is 5.61. The molecule has 4 heteroatoms. The first-order valence-electron chi connectivity index (χ1n) is 5.88. The van der Waals surface area contributed by atoms with Crippen LogP contribution in [0.15, 0.2) is 24.3 Å². The van der Waals surface area contributed by atoms with Crippen molar-refractivity contribution in [2.24, 2.45) is 0 Å². The first-order chi connectivity index (χ1) is 8.18. The Morgan fingerprint density at radius 2 is 1.33 bits per heavy atom. The summed E-state index contributed by atoms with van der Waals surface area (Å²) < 4.78 is 0. The van der Waals surface area contributed by atoms with Gasteiger partial charge in [0.15, 0.2) is 0 Å². The van der Waals surface area contributed by atoms with Gasteiger partial charge in [-0.3, -0.25) is 14.5 Å². The van der Waals surface area contributed by atoms with Crippen LogP contribution in [0.4, 0.5) is 0 Å². The molecule has 1 N–H and O–H groups in total. The standard InChI is InChI=1S/C14H17NO3/c1-13(2,14(3,4)18)15-11(16)9-7-5-6-8-10(9)12(15)17/h5-8,18H,1-4H3. The third kappa shape index (κ3) is 1.56. The molecule has 1 heterocycles. The highest BCUT2D eigenvalue weighted by Crippen LogP contribution is 2.35. The van der Waals surface area contributed by atoms with Crippen LogP contribution in [-0.4, -0.2) is 33.0 Å². The number of imide groups is 1. The molecule has 0 aliphatic carbocycles. The van der Waals surface area contributed by atoms with Gasteiger partial charge in [-0.2, -0.15) is 0 Å². The van der Waals surface area contributed by atoms with Crippen molar-refractivity contribution in [1.29, 1.82) is 0 Å². The fourth-order valence-corrected chi connectivity index (χ4v) is 1.97. The molecule has 2 amide bonds. The van der Waals surface area contributed by atoms with Gasteiger partial charge >= 0.3 is 0 Å². The molecule has 18 heavy (non-hydrogen) atoms. The van der Waals surface area contributed by atoms with Crippen molar-refractivity contribution in [1.82, 2.24) is 4.90 Å². The van der Waals surface area contributed by atoms with Crippen LogP contribution in [0.2, 0.25) is 0 Å². The summed E-state index contributed by atoms with van der Waals surface area (Å²) in [6, 6.07) is 6.72. The normalized spacial score (nSPS) is 16.2. The molecule has 1 aromatic rings. The van der Waals surface area contributed by atoms with E-state index in [-0.39, 0.29) is 11.8 Å². The zero-order chi connectivity index (χ0) is 13.7. The van der Waals surface area contributed by atoms with Gasteiger partial charge in [0.25, 0.3) is 11.8 Å². The highest BCUT2D eigenvalue weighted by Gasteiger charge is 2.50. The van der Waals surface area contributed by atoms with Crippen molar-refractivity contribution in [2.45, 2.75) is 38.8 Å². The summed E-state index contributed by atoms with van der Waals surface area (Å²) >= 11 is 0. The molecule has 96 valence electrons.